The maximum atomic E-state index is 14.7. The van der Waals surface area contributed by atoms with Crippen LogP contribution in [-0.4, -0.2) is 20.6 Å². The maximum Gasteiger partial charge on any atom is 0.340 e. The minimum atomic E-state index is -1.51. The lowest BCUT2D eigenvalue weighted by molar-refractivity contribution is -0.157. The molecule has 2 aliphatic rings. The molecule has 1 atom stereocenters. The van der Waals surface area contributed by atoms with Crippen molar-refractivity contribution in [1.82, 2.24) is 9.55 Å². The van der Waals surface area contributed by atoms with E-state index < -0.39 is 12.1 Å². The zero-order valence-corrected chi connectivity index (χ0v) is 17.3. The number of aromatic nitrogens is 2. The third-order valence-corrected chi connectivity index (χ3v) is 6.32. The van der Waals surface area contributed by atoms with Gasteiger partial charge in [-0.3, -0.25) is 4.79 Å². The summed E-state index contributed by atoms with van der Waals surface area (Å²) < 4.78 is 21.2. The van der Waals surface area contributed by atoms with Gasteiger partial charge in [0.15, 0.2) is 6.10 Å². The molecule has 31 heavy (non-hydrogen) atoms. The highest BCUT2D eigenvalue weighted by Crippen LogP contribution is 2.40. The van der Waals surface area contributed by atoms with E-state index in [0.717, 1.165) is 28.5 Å². The molecule has 5 rings (SSSR count). The Morgan fingerprint density at radius 2 is 2.13 bits per heavy atom. The maximum absolute atomic E-state index is 14.7. The van der Waals surface area contributed by atoms with E-state index in [2.05, 4.69) is 6.58 Å². The largest absolute Gasteiger partial charge is 0.458 e. The number of nitrogens with zero attached hydrogens (tertiary/aromatic N) is 2. The first-order valence-corrected chi connectivity index (χ1v) is 10.3. The molecular weight excluding hydrogens is 399 g/mol. The molecule has 0 aliphatic carbocycles. The van der Waals surface area contributed by atoms with Crippen LogP contribution in [0.1, 0.15) is 52.8 Å². The molecule has 1 N–H and O–H groups in total. The summed E-state index contributed by atoms with van der Waals surface area (Å²) in [5.41, 5.74) is 4.88. The number of hydrogen-bond acceptors (Lipinski definition) is 5. The Labute approximate surface area is 177 Å². The van der Waals surface area contributed by atoms with Gasteiger partial charge < -0.3 is 14.4 Å². The molecular formula is C24H21FN2O4. The normalized spacial score (nSPS) is 16.6. The van der Waals surface area contributed by atoms with Gasteiger partial charge in [0.1, 0.15) is 12.4 Å². The monoisotopic (exact) mass is 420 g/mol. The first-order chi connectivity index (χ1) is 14.9. The van der Waals surface area contributed by atoms with Crippen molar-refractivity contribution >= 4 is 22.9 Å². The molecule has 6 nitrogen and oxygen atoms in total. The van der Waals surface area contributed by atoms with Crippen molar-refractivity contribution < 1.29 is 19.0 Å². The number of aryl methyl sites for hydroxylation is 1. The number of aliphatic hydroxyl groups is 1. The molecule has 158 valence electrons. The number of esters is 1. The van der Waals surface area contributed by atoms with E-state index in [-0.39, 0.29) is 35.7 Å². The number of ether oxygens (including phenoxy) is 1. The van der Waals surface area contributed by atoms with Crippen LogP contribution in [0.15, 0.2) is 23.5 Å². The Kier molecular flexibility index (Phi) is 4.34. The van der Waals surface area contributed by atoms with E-state index in [0.29, 0.717) is 28.9 Å². The van der Waals surface area contributed by atoms with Crippen LogP contribution in [0.5, 0.6) is 0 Å². The number of rotatable bonds is 3. The van der Waals surface area contributed by atoms with Crippen LogP contribution in [0, 0.1) is 12.7 Å². The van der Waals surface area contributed by atoms with E-state index >= 15 is 0 Å². The van der Waals surface area contributed by atoms with Crippen molar-refractivity contribution in [1.29, 1.82) is 0 Å². The van der Waals surface area contributed by atoms with Crippen LogP contribution in [0.2, 0.25) is 0 Å². The Morgan fingerprint density at radius 3 is 2.84 bits per heavy atom. The SMILES string of the molecule is C=Cc1c2c(nc3cc(F)c(C)c(CCC)c13)-c1cc3c(c(=O)n1C2)COC(=O)C3O. The Morgan fingerprint density at radius 1 is 1.35 bits per heavy atom. The standard InChI is InChI=1S/C24H21FN2O4/c1-4-6-13-11(3)17(25)8-18-20(13)12(5-2)15-9-27-19(21(15)26-18)7-14-16(23(27)29)10-31-24(30)22(14)28/h5,7-8,22,28H,2,4,6,9-10H2,1,3H3. The molecule has 0 saturated carbocycles. The molecule has 0 radical (unpaired) electrons. The van der Waals surface area contributed by atoms with Crippen molar-refractivity contribution in [3.63, 3.8) is 0 Å². The van der Waals surface area contributed by atoms with Crippen LogP contribution in [0.25, 0.3) is 28.4 Å². The van der Waals surface area contributed by atoms with Gasteiger partial charge in [-0.05, 0) is 36.1 Å². The molecule has 2 aliphatic heterocycles. The average Bonchev–Trinajstić information content (AvgIpc) is 3.11. The van der Waals surface area contributed by atoms with Gasteiger partial charge in [0.25, 0.3) is 5.56 Å². The van der Waals surface area contributed by atoms with Gasteiger partial charge in [-0.2, -0.15) is 0 Å². The second-order valence-electron chi connectivity index (χ2n) is 8.03. The Bertz CT molecular complexity index is 1370. The third kappa shape index (κ3) is 2.63. The summed E-state index contributed by atoms with van der Waals surface area (Å²) in [6.07, 6.45) is 1.78. The summed E-state index contributed by atoms with van der Waals surface area (Å²) in [7, 11) is 0. The smallest absolute Gasteiger partial charge is 0.340 e. The van der Waals surface area contributed by atoms with E-state index in [4.69, 9.17) is 9.72 Å². The second-order valence-corrected chi connectivity index (χ2v) is 8.03. The number of halogens is 1. The van der Waals surface area contributed by atoms with Crippen molar-refractivity contribution in [2.75, 3.05) is 0 Å². The number of carbonyl (C=O) groups is 1. The number of pyridine rings is 2. The fourth-order valence-electron chi connectivity index (χ4n) is 4.76. The zero-order valence-electron chi connectivity index (χ0n) is 17.3. The topological polar surface area (TPSA) is 81.4 Å². The number of hydrogen-bond donors (Lipinski definition) is 1. The Hall–Kier alpha value is -3.32. The minimum absolute atomic E-state index is 0.171. The second kappa shape index (κ2) is 6.85. The average molecular weight is 420 g/mol. The number of carbonyl (C=O) groups excluding carboxylic acids is 1. The quantitative estimate of drug-likeness (QED) is 0.513. The first-order valence-electron chi connectivity index (χ1n) is 10.3. The van der Waals surface area contributed by atoms with Gasteiger partial charge in [-0.25, -0.2) is 14.2 Å². The number of benzene rings is 1. The lowest BCUT2D eigenvalue weighted by Crippen LogP contribution is -2.32. The molecule has 2 aromatic heterocycles. The fourth-order valence-corrected chi connectivity index (χ4v) is 4.76. The van der Waals surface area contributed by atoms with Gasteiger partial charge in [-0.15, -0.1) is 0 Å². The summed E-state index contributed by atoms with van der Waals surface area (Å²) in [5, 5.41) is 11.1. The van der Waals surface area contributed by atoms with Gasteiger partial charge in [-0.1, -0.05) is 26.0 Å². The van der Waals surface area contributed by atoms with Crippen LogP contribution in [0.3, 0.4) is 0 Å². The van der Waals surface area contributed by atoms with Crippen molar-refractivity contribution in [3.8, 4) is 11.4 Å². The lowest BCUT2D eigenvalue weighted by Gasteiger charge is -2.21. The predicted octanol–water partition coefficient (Wildman–Crippen LogP) is 3.56. The number of aliphatic hydroxyl groups excluding tert-OH is 1. The fraction of sp³-hybridized carbons (Fsp3) is 0.292. The Balaban J connectivity index is 1.85. The molecule has 0 bridgehead atoms. The molecule has 0 fully saturated rings. The predicted molar refractivity (Wildman–Crippen MR) is 114 cm³/mol. The van der Waals surface area contributed by atoms with Crippen molar-refractivity contribution in [3.05, 3.63) is 68.3 Å². The summed E-state index contributed by atoms with van der Waals surface area (Å²) in [6, 6.07) is 3.04. The van der Waals surface area contributed by atoms with Gasteiger partial charge in [0.05, 0.1) is 29.0 Å². The lowest BCUT2D eigenvalue weighted by atomic mass is 9.91. The van der Waals surface area contributed by atoms with E-state index in [9.17, 15) is 19.1 Å². The van der Waals surface area contributed by atoms with Crippen LogP contribution < -0.4 is 5.56 Å². The third-order valence-electron chi connectivity index (χ3n) is 6.32. The van der Waals surface area contributed by atoms with Crippen LogP contribution in [-0.2, 0) is 29.1 Å². The highest BCUT2D eigenvalue weighted by atomic mass is 19.1. The highest BCUT2D eigenvalue weighted by molar-refractivity contribution is 5.96. The van der Waals surface area contributed by atoms with Crippen LogP contribution >= 0.6 is 0 Å². The van der Waals surface area contributed by atoms with E-state index in [1.807, 2.05) is 6.92 Å². The number of cyclic esters (lactones) is 1. The van der Waals surface area contributed by atoms with Crippen molar-refractivity contribution in [2.24, 2.45) is 0 Å². The molecule has 3 aromatic rings. The van der Waals surface area contributed by atoms with Gasteiger partial charge in [0.2, 0.25) is 0 Å². The molecule has 7 heteroatoms. The van der Waals surface area contributed by atoms with Gasteiger partial charge >= 0.3 is 5.97 Å². The summed E-state index contributed by atoms with van der Waals surface area (Å²) in [5.74, 6) is -1.10. The molecule has 0 spiro atoms. The summed E-state index contributed by atoms with van der Waals surface area (Å²) in [4.78, 5) is 29.7. The van der Waals surface area contributed by atoms with E-state index in [1.54, 1.807) is 23.6 Å². The summed E-state index contributed by atoms with van der Waals surface area (Å²) in [6.45, 7) is 7.91. The molecule has 4 heterocycles. The minimum Gasteiger partial charge on any atom is -0.458 e. The molecule has 1 unspecified atom stereocenters. The molecule has 0 saturated heterocycles. The molecule has 0 amide bonds. The summed E-state index contributed by atoms with van der Waals surface area (Å²) >= 11 is 0. The van der Waals surface area contributed by atoms with Crippen LogP contribution in [0.4, 0.5) is 4.39 Å². The number of fused-ring (bicyclic) bond motifs is 5. The van der Waals surface area contributed by atoms with Crippen molar-refractivity contribution in [2.45, 2.75) is 45.9 Å². The first kappa shape index (κ1) is 19.6. The van der Waals surface area contributed by atoms with E-state index in [1.165, 1.54) is 6.07 Å². The zero-order chi connectivity index (χ0) is 22.0. The van der Waals surface area contributed by atoms with Gasteiger partial charge in [0, 0.05) is 22.6 Å². The highest BCUT2D eigenvalue weighted by Gasteiger charge is 2.34. The molecule has 1 aromatic carbocycles.